The number of hydrogen-bond acceptors (Lipinski definition) is 3. The Morgan fingerprint density at radius 3 is 2.71 bits per heavy atom. The van der Waals surface area contributed by atoms with Crippen LogP contribution in [0.25, 0.3) is 22.4 Å². The molecule has 2 heterocycles. The van der Waals surface area contributed by atoms with Crippen molar-refractivity contribution < 1.29 is 4.39 Å². The molecule has 21 heavy (non-hydrogen) atoms. The minimum Gasteiger partial charge on any atom is -0.390 e. The lowest BCUT2D eigenvalue weighted by Gasteiger charge is -2.08. The van der Waals surface area contributed by atoms with E-state index in [1.54, 1.807) is 23.5 Å². The molecule has 0 amide bonds. The van der Waals surface area contributed by atoms with Gasteiger partial charge in [0.25, 0.3) is 0 Å². The highest BCUT2D eigenvalue weighted by Crippen LogP contribution is 2.45. The van der Waals surface area contributed by atoms with Crippen LogP contribution >= 0.6 is 11.3 Å². The summed E-state index contributed by atoms with van der Waals surface area (Å²) in [6.07, 6.45) is 2.24. The largest absolute Gasteiger partial charge is 0.390 e. The van der Waals surface area contributed by atoms with Crippen molar-refractivity contribution in [1.82, 2.24) is 9.55 Å². The van der Waals surface area contributed by atoms with Crippen molar-refractivity contribution in [2.45, 2.75) is 32.7 Å². The van der Waals surface area contributed by atoms with Crippen LogP contribution in [-0.4, -0.2) is 9.55 Å². The molecule has 2 N–H and O–H groups in total. The summed E-state index contributed by atoms with van der Waals surface area (Å²) in [5.74, 6) is 0.666. The maximum atomic E-state index is 13.6. The number of aryl methyl sites for hydroxylation is 1. The van der Waals surface area contributed by atoms with Gasteiger partial charge in [-0.25, -0.2) is 9.37 Å². The Morgan fingerprint density at radius 1 is 1.33 bits per heavy atom. The average Bonchev–Trinajstić information content (AvgIpc) is 3.15. The number of anilines is 1. The van der Waals surface area contributed by atoms with Gasteiger partial charge >= 0.3 is 0 Å². The van der Waals surface area contributed by atoms with Crippen molar-refractivity contribution in [3.8, 4) is 11.4 Å². The van der Waals surface area contributed by atoms with Crippen molar-refractivity contribution in [1.29, 1.82) is 0 Å². The number of hydrogen-bond donors (Lipinski definition) is 1. The highest BCUT2D eigenvalue weighted by molar-refractivity contribution is 7.16. The van der Waals surface area contributed by atoms with Gasteiger partial charge in [-0.1, -0.05) is 0 Å². The number of fused-ring (bicyclic) bond motifs is 1. The lowest BCUT2D eigenvalue weighted by molar-refractivity contribution is 0.628. The van der Waals surface area contributed by atoms with Gasteiger partial charge in [0.15, 0.2) is 0 Å². The summed E-state index contributed by atoms with van der Waals surface area (Å²) in [4.78, 5) is 5.95. The SMILES string of the molecule is Cc1sc(N)c(-c2nc3ccc(F)cc3n2C2CC2)c1C. The molecule has 0 atom stereocenters. The van der Waals surface area contributed by atoms with Crippen LogP contribution in [0.3, 0.4) is 0 Å². The zero-order valence-corrected chi connectivity index (χ0v) is 12.8. The summed E-state index contributed by atoms with van der Waals surface area (Å²) in [5.41, 5.74) is 10.1. The zero-order valence-electron chi connectivity index (χ0n) is 12.0. The molecule has 0 aliphatic heterocycles. The molecule has 0 unspecified atom stereocenters. The summed E-state index contributed by atoms with van der Waals surface area (Å²) >= 11 is 1.59. The number of nitrogens with two attached hydrogens (primary N) is 1. The summed E-state index contributed by atoms with van der Waals surface area (Å²) in [6.45, 7) is 4.15. The number of imidazole rings is 1. The third-order valence-electron chi connectivity index (χ3n) is 4.20. The Labute approximate surface area is 126 Å². The van der Waals surface area contributed by atoms with Crippen molar-refractivity contribution in [2.75, 3.05) is 5.73 Å². The average molecular weight is 301 g/mol. The van der Waals surface area contributed by atoms with E-state index < -0.39 is 0 Å². The molecule has 3 nitrogen and oxygen atoms in total. The second-order valence-corrected chi connectivity index (χ2v) is 6.95. The zero-order chi connectivity index (χ0) is 14.7. The molecule has 108 valence electrons. The highest BCUT2D eigenvalue weighted by atomic mass is 32.1. The van der Waals surface area contributed by atoms with Gasteiger partial charge in [-0.05, 0) is 50.5 Å². The lowest BCUT2D eigenvalue weighted by Crippen LogP contribution is -1.99. The minimum absolute atomic E-state index is 0.220. The summed E-state index contributed by atoms with van der Waals surface area (Å²) in [5, 5.41) is 0.794. The minimum atomic E-state index is -0.220. The van der Waals surface area contributed by atoms with Crippen molar-refractivity contribution >= 4 is 27.4 Å². The van der Waals surface area contributed by atoms with Crippen LogP contribution in [-0.2, 0) is 0 Å². The van der Waals surface area contributed by atoms with Crippen molar-refractivity contribution in [3.05, 3.63) is 34.5 Å². The normalized spacial score (nSPS) is 15.0. The first kappa shape index (κ1) is 12.8. The van der Waals surface area contributed by atoms with E-state index in [0.717, 1.165) is 40.3 Å². The first-order valence-corrected chi connectivity index (χ1v) is 7.91. The Kier molecular flexibility index (Phi) is 2.63. The van der Waals surface area contributed by atoms with E-state index in [2.05, 4.69) is 18.4 Å². The van der Waals surface area contributed by atoms with Crippen LogP contribution in [0.15, 0.2) is 18.2 Å². The first-order valence-electron chi connectivity index (χ1n) is 7.09. The van der Waals surface area contributed by atoms with Gasteiger partial charge in [0.05, 0.1) is 21.6 Å². The Hall–Kier alpha value is -1.88. The molecule has 1 aliphatic carbocycles. The number of nitrogen functional groups attached to an aromatic ring is 1. The Balaban J connectivity index is 2.06. The van der Waals surface area contributed by atoms with E-state index in [1.807, 2.05) is 0 Å². The van der Waals surface area contributed by atoms with Crippen molar-refractivity contribution in [3.63, 3.8) is 0 Å². The van der Waals surface area contributed by atoms with E-state index in [0.29, 0.717) is 6.04 Å². The van der Waals surface area contributed by atoms with Gasteiger partial charge in [-0.3, -0.25) is 0 Å². The van der Waals surface area contributed by atoms with E-state index in [9.17, 15) is 4.39 Å². The third-order valence-corrected chi connectivity index (χ3v) is 5.24. The topological polar surface area (TPSA) is 43.8 Å². The van der Waals surface area contributed by atoms with Crippen LogP contribution < -0.4 is 5.73 Å². The highest BCUT2D eigenvalue weighted by Gasteiger charge is 2.30. The molecule has 0 radical (unpaired) electrons. The number of rotatable bonds is 2. The van der Waals surface area contributed by atoms with Gasteiger partial charge in [0.2, 0.25) is 0 Å². The summed E-state index contributed by atoms with van der Waals surface area (Å²) < 4.78 is 15.8. The molecular weight excluding hydrogens is 285 g/mol. The van der Waals surface area contributed by atoms with Crippen LogP contribution in [0.2, 0.25) is 0 Å². The molecule has 0 bridgehead atoms. The van der Waals surface area contributed by atoms with Crippen LogP contribution in [0.4, 0.5) is 9.39 Å². The van der Waals surface area contributed by atoms with Gasteiger partial charge in [0.1, 0.15) is 11.6 Å². The van der Waals surface area contributed by atoms with Gasteiger partial charge in [0, 0.05) is 10.9 Å². The quantitative estimate of drug-likeness (QED) is 0.760. The van der Waals surface area contributed by atoms with Crippen LogP contribution in [0.1, 0.15) is 29.3 Å². The maximum absolute atomic E-state index is 13.6. The molecule has 3 aromatic rings. The predicted octanol–water partition coefficient (Wildman–Crippen LogP) is 4.44. The maximum Gasteiger partial charge on any atom is 0.144 e. The standard InChI is InChI=1S/C16H16FN3S/c1-8-9(2)21-15(18)14(8)16-19-12-6-3-10(17)7-13(12)20(16)11-4-5-11/h3,6-7,11H,4-5,18H2,1-2H3. The first-order chi connectivity index (χ1) is 10.1. The number of benzene rings is 1. The van der Waals surface area contributed by atoms with Gasteiger partial charge in [-0.2, -0.15) is 0 Å². The van der Waals surface area contributed by atoms with E-state index in [-0.39, 0.29) is 5.82 Å². The number of thiophene rings is 1. The predicted molar refractivity (Wildman–Crippen MR) is 85.2 cm³/mol. The second-order valence-electron chi connectivity index (χ2n) is 5.69. The molecule has 1 aliphatic rings. The lowest BCUT2D eigenvalue weighted by atomic mass is 10.1. The Bertz CT molecular complexity index is 858. The van der Waals surface area contributed by atoms with E-state index >= 15 is 0 Å². The van der Waals surface area contributed by atoms with E-state index in [4.69, 9.17) is 10.7 Å². The van der Waals surface area contributed by atoms with E-state index in [1.165, 1.54) is 16.5 Å². The Morgan fingerprint density at radius 2 is 2.10 bits per heavy atom. The number of nitrogens with zero attached hydrogens (tertiary/aromatic N) is 2. The molecule has 1 fully saturated rings. The van der Waals surface area contributed by atoms with Gasteiger partial charge in [-0.15, -0.1) is 11.3 Å². The number of aromatic nitrogens is 2. The molecule has 4 rings (SSSR count). The fourth-order valence-corrected chi connectivity index (χ4v) is 3.81. The van der Waals surface area contributed by atoms with Crippen molar-refractivity contribution in [2.24, 2.45) is 0 Å². The van der Waals surface area contributed by atoms with Crippen LogP contribution in [0, 0.1) is 19.7 Å². The molecule has 5 heteroatoms. The molecule has 2 aromatic heterocycles. The molecule has 1 saturated carbocycles. The third kappa shape index (κ3) is 1.87. The summed E-state index contributed by atoms with van der Waals surface area (Å²) in [7, 11) is 0. The molecule has 0 spiro atoms. The van der Waals surface area contributed by atoms with Gasteiger partial charge < -0.3 is 10.3 Å². The fourth-order valence-electron chi connectivity index (χ4n) is 2.88. The second kappa shape index (κ2) is 4.31. The monoisotopic (exact) mass is 301 g/mol. The molecule has 0 saturated heterocycles. The smallest absolute Gasteiger partial charge is 0.144 e. The fraction of sp³-hybridized carbons (Fsp3) is 0.312. The van der Waals surface area contributed by atoms with Crippen LogP contribution in [0.5, 0.6) is 0 Å². The molecule has 1 aromatic carbocycles. The number of halogens is 1. The molecular formula is C16H16FN3S. The summed E-state index contributed by atoms with van der Waals surface area (Å²) in [6, 6.07) is 5.21.